The van der Waals surface area contributed by atoms with E-state index in [9.17, 15) is 27.9 Å². The summed E-state index contributed by atoms with van der Waals surface area (Å²) in [5.74, 6) is -1.42. The second-order valence-corrected chi connectivity index (χ2v) is 7.48. The number of aromatic hydroxyl groups is 1. The summed E-state index contributed by atoms with van der Waals surface area (Å²) >= 11 is 1.25. The van der Waals surface area contributed by atoms with Crippen molar-refractivity contribution < 1.29 is 23.1 Å². The van der Waals surface area contributed by atoms with Crippen molar-refractivity contribution in [3.63, 3.8) is 0 Å². The quantitative estimate of drug-likeness (QED) is 0.416. The van der Waals surface area contributed by atoms with Crippen LogP contribution in [-0.2, 0) is 6.18 Å². The molecule has 2 aromatic carbocycles. The summed E-state index contributed by atoms with van der Waals surface area (Å²) in [4.78, 5) is 28.7. The number of benzene rings is 2. The topological polar surface area (TPSA) is 82.2 Å². The van der Waals surface area contributed by atoms with E-state index in [0.717, 1.165) is 34.7 Å². The van der Waals surface area contributed by atoms with E-state index < -0.39 is 34.5 Å². The van der Waals surface area contributed by atoms with Gasteiger partial charge < -0.3 is 15.4 Å². The Labute approximate surface area is 171 Å². The first kappa shape index (κ1) is 19.7. The van der Waals surface area contributed by atoms with Crippen molar-refractivity contribution in [2.24, 2.45) is 0 Å². The van der Waals surface area contributed by atoms with E-state index in [0.29, 0.717) is 10.2 Å². The van der Waals surface area contributed by atoms with Crippen LogP contribution in [0.5, 0.6) is 5.75 Å². The number of pyridine rings is 1. The standard InChI is InChI=1S/C21H13F3N2O3S/c22-21(23,24)12-6-8-13(9-7-12)25-18(28)16-17(27)14-10-15(11-4-2-1-3-5-11)30-20(14)26-19(16)29/h1-10H,(H,25,28)(H2,26,27,29). The monoisotopic (exact) mass is 430 g/mol. The van der Waals surface area contributed by atoms with E-state index in [2.05, 4.69) is 10.3 Å². The zero-order chi connectivity index (χ0) is 21.5. The molecular formula is C21H13F3N2O3S. The number of nitrogens with one attached hydrogen (secondary N) is 2. The number of aromatic amines is 1. The van der Waals surface area contributed by atoms with Gasteiger partial charge in [0.25, 0.3) is 11.5 Å². The zero-order valence-corrected chi connectivity index (χ0v) is 15.9. The minimum absolute atomic E-state index is 0.0576. The van der Waals surface area contributed by atoms with Crippen molar-refractivity contribution in [1.29, 1.82) is 0 Å². The fourth-order valence-electron chi connectivity index (χ4n) is 2.96. The van der Waals surface area contributed by atoms with Gasteiger partial charge in [-0.1, -0.05) is 30.3 Å². The molecule has 0 saturated carbocycles. The molecule has 152 valence electrons. The fourth-order valence-corrected chi connectivity index (χ4v) is 4.02. The second kappa shape index (κ2) is 7.34. The highest BCUT2D eigenvalue weighted by Gasteiger charge is 2.30. The normalized spacial score (nSPS) is 11.6. The summed E-state index contributed by atoms with van der Waals surface area (Å²) in [6.45, 7) is 0. The van der Waals surface area contributed by atoms with E-state index in [1.165, 1.54) is 11.3 Å². The number of H-pyrrole nitrogens is 1. The summed E-state index contributed by atoms with van der Waals surface area (Å²) in [7, 11) is 0. The van der Waals surface area contributed by atoms with Gasteiger partial charge in [0.05, 0.1) is 10.9 Å². The van der Waals surface area contributed by atoms with Crippen molar-refractivity contribution in [3.8, 4) is 16.2 Å². The average molecular weight is 430 g/mol. The molecule has 2 aromatic heterocycles. The van der Waals surface area contributed by atoms with Gasteiger partial charge in [0.15, 0.2) is 0 Å². The predicted octanol–water partition coefficient (Wildman–Crippen LogP) is 5.23. The van der Waals surface area contributed by atoms with Gasteiger partial charge in [-0.25, -0.2) is 0 Å². The Hall–Kier alpha value is -3.59. The highest BCUT2D eigenvalue weighted by Crippen LogP contribution is 2.37. The summed E-state index contributed by atoms with van der Waals surface area (Å²) < 4.78 is 38.0. The molecule has 1 amide bonds. The van der Waals surface area contributed by atoms with Crippen LogP contribution in [-0.4, -0.2) is 16.0 Å². The summed E-state index contributed by atoms with van der Waals surface area (Å²) in [5.41, 5.74) is -1.24. The molecule has 0 aliphatic heterocycles. The molecule has 0 aliphatic rings. The number of amides is 1. The first-order valence-electron chi connectivity index (χ1n) is 8.67. The Morgan fingerprint density at radius 2 is 1.70 bits per heavy atom. The van der Waals surface area contributed by atoms with Crippen molar-refractivity contribution in [3.05, 3.63) is 82.1 Å². The van der Waals surface area contributed by atoms with E-state index in [1.54, 1.807) is 6.07 Å². The van der Waals surface area contributed by atoms with E-state index >= 15 is 0 Å². The number of hydrogen-bond acceptors (Lipinski definition) is 4. The van der Waals surface area contributed by atoms with E-state index in [4.69, 9.17) is 0 Å². The van der Waals surface area contributed by atoms with Gasteiger partial charge in [-0.05, 0) is 35.9 Å². The Balaban J connectivity index is 1.68. The SMILES string of the molecule is O=C(Nc1ccc(C(F)(F)F)cc1)c1c(O)c2cc(-c3ccccc3)sc2[nH]c1=O. The molecular weight excluding hydrogens is 417 g/mol. The number of rotatable bonds is 3. The van der Waals surface area contributed by atoms with Crippen LogP contribution in [0.2, 0.25) is 0 Å². The van der Waals surface area contributed by atoms with Crippen LogP contribution in [0, 0.1) is 0 Å². The number of thiophene rings is 1. The number of carbonyl (C=O) groups excluding carboxylic acids is 1. The Bertz CT molecular complexity index is 1290. The maximum atomic E-state index is 12.7. The Morgan fingerprint density at radius 1 is 1.03 bits per heavy atom. The molecule has 0 atom stereocenters. The molecule has 0 radical (unpaired) electrons. The number of halogens is 3. The van der Waals surface area contributed by atoms with Crippen LogP contribution in [0.1, 0.15) is 15.9 Å². The highest BCUT2D eigenvalue weighted by molar-refractivity contribution is 7.21. The third-order valence-electron chi connectivity index (χ3n) is 4.43. The molecule has 0 fully saturated rings. The van der Waals surface area contributed by atoms with E-state index in [1.807, 2.05) is 30.3 Å². The predicted molar refractivity (Wildman–Crippen MR) is 109 cm³/mol. The van der Waals surface area contributed by atoms with Crippen molar-refractivity contribution in [1.82, 2.24) is 4.98 Å². The van der Waals surface area contributed by atoms with Crippen molar-refractivity contribution in [2.75, 3.05) is 5.32 Å². The molecule has 0 unspecified atom stereocenters. The third-order valence-corrected chi connectivity index (χ3v) is 5.53. The highest BCUT2D eigenvalue weighted by atomic mass is 32.1. The van der Waals surface area contributed by atoms with Crippen LogP contribution < -0.4 is 10.9 Å². The lowest BCUT2D eigenvalue weighted by atomic mass is 10.1. The number of carbonyl (C=O) groups is 1. The van der Waals surface area contributed by atoms with Crippen molar-refractivity contribution in [2.45, 2.75) is 6.18 Å². The molecule has 3 N–H and O–H groups in total. The number of aromatic nitrogens is 1. The molecule has 0 aliphatic carbocycles. The summed E-state index contributed by atoms with van der Waals surface area (Å²) in [6.07, 6.45) is -4.50. The van der Waals surface area contributed by atoms with Gasteiger partial charge in [-0.3, -0.25) is 9.59 Å². The molecule has 4 aromatic rings. The number of fused-ring (bicyclic) bond motifs is 1. The molecule has 0 saturated heterocycles. The lowest BCUT2D eigenvalue weighted by Crippen LogP contribution is -2.23. The van der Waals surface area contributed by atoms with Crippen molar-refractivity contribution >= 4 is 33.1 Å². The van der Waals surface area contributed by atoms with Crippen LogP contribution in [0.4, 0.5) is 18.9 Å². The minimum Gasteiger partial charge on any atom is -0.506 e. The maximum Gasteiger partial charge on any atom is 0.416 e. The number of alkyl halides is 3. The maximum absolute atomic E-state index is 12.7. The number of anilines is 1. The molecule has 4 rings (SSSR count). The van der Waals surface area contributed by atoms with Crippen LogP contribution in [0.25, 0.3) is 20.7 Å². The fraction of sp³-hybridized carbons (Fsp3) is 0.0476. The lowest BCUT2D eigenvalue weighted by Gasteiger charge is -2.09. The summed E-state index contributed by atoms with van der Waals surface area (Å²) in [5, 5.41) is 13.2. The van der Waals surface area contributed by atoms with Gasteiger partial charge in [0.2, 0.25) is 0 Å². The lowest BCUT2D eigenvalue weighted by molar-refractivity contribution is -0.137. The Morgan fingerprint density at radius 3 is 2.33 bits per heavy atom. The van der Waals surface area contributed by atoms with Gasteiger partial charge in [0.1, 0.15) is 16.1 Å². The van der Waals surface area contributed by atoms with E-state index in [-0.39, 0.29) is 5.69 Å². The van der Waals surface area contributed by atoms with Crippen LogP contribution in [0.15, 0.2) is 65.5 Å². The van der Waals surface area contributed by atoms with Gasteiger partial charge in [-0.15, -0.1) is 11.3 Å². The van der Waals surface area contributed by atoms with Gasteiger partial charge >= 0.3 is 6.18 Å². The second-order valence-electron chi connectivity index (χ2n) is 6.43. The van der Waals surface area contributed by atoms with Crippen LogP contribution >= 0.6 is 11.3 Å². The molecule has 0 bridgehead atoms. The molecule has 5 nitrogen and oxygen atoms in total. The number of hydrogen-bond donors (Lipinski definition) is 3. The van der Waals surface area contributed by atoms with Gasteiger partial charge in [0, 0.05) is 10.6 Å². The largest absolute Gasteiger partial charge is 0.506 e. The first-order valence-corrected chi connectivity index (χ1v) is 9.48. The molecule has 30 heavy (non-hydrogen) atoms. The molecule has 9 heteroatoms. The van der Waals surface area contributed by atoms with Crippen LogP contribution in [0.3, 0.4) is 0 Å². The molecule has 2 heterocycles. The first-order chi connectivity index (χ1) is 14.2. The average Bonchev–Trinajstić information content (AvgIpc) is 3.13. The summed E-state index contributed by atoms with van der Waals surface area (Å²) in [6, 6.07) is 14.7. The minimum atomic E-state index is -4.50. The zero-order valence-electron chi connectivity index (χ0n) is 15.1. The van der Waals surface area contributed by atoms with Gasteiger partial charge in [-0.2, -0.15) is 13.2 Å². The smallest absolute Gasteiger partial charge is 0.416 e. The molecule has 0 spiro atoms. The third kappa shape index (κ3) is 3.67. The Kier molecular flexibility index (Phi) is 4.83.